The van der Waals surface area contributed by atoms with Crippen molar-refractivity contribution in [1.82, 2.24) is 10.2 Å². The van der Waals surface area contributed by atoms with Crippen LogP contribution < -0.4 is 10.6 Å². The molecule has 2 aromatic rings. The summed E-state index contributed by atoms with van der Waals surface area (Å²) in [6.07, 6.45) is 2.99. The number of hydrogen-bond donors (Lipinski definition) is 2. The van der Waals surface area contributed by atoms with Gasteiger partial charge in [0.2, 0.25) is 0 Å². The molecule has 1 aliphatic rings. The van der Waals surface area contributed by atoms with E-state index in [0.29, 0.717) is 18.8 Å². The second kappa shape index (κ2) is 7.42. The van der Waals surface area contributed by atoms with Crippen LogP contribution in [0.15, 0.2) is 41.0 Å². The molecule has 6 nitrogen and oxygen atoms in total. The molecule has 0 saturated carbocycles. The van der Waals surface area contributed by atoms with E-state index in [-0.39, 0.29) is 18.0 Å². The highest BCUT2D eigenvalue weighted by molar-refractivity contribution is 5.93. The van der Waals surface area contributed by atoms with Crippen molar-refractivity contribution in [3.05, 3.63) is 53.5 Å². The molecule has 0 radical (unpaired) electrons. The van der Waals surface area contributed by atoms with Gasteiger partial charge in [0.05, 0.1) is 6.26 Å². The van der Waals surface area contributed by atoms with Gasteiger partial charge in [0.25, 0.3) is 5.91 Å². The molecule has 1 fully saturated rings. The maximum atomic E-state index is 12.4. The standard InChI is InChI=1S/C19H23N3O3/c1-13-3-5-15(6-4-13)20-19(24)21-16-7-10-22(11-8-16)18(23)17-14(2)9-12-25-17/h3-6,9,12,16H,7-8,10-11H2,1-2H3,(H2,20,21,24). The fourth-order valence-electron chi connectivity index (χ4n) is 2.95. The highest BCUT2D eigenvalue weighted by Crippen LogP contribution is 2.17. The van der Waals surface area contributed by atoms with E-state index in [1.165, 1.54) is 6.26 Å². The van der Waals surface area contributed by atoms with Gasteiger partial charge in [-0.15, -0.1) is 0 Å². The summed E-state index contributed by atoms with van der Waals surface area (Å²) < 4.78 is 5.27. The Morgan fingerprint density at radius 3 is 2.36 bits per heavy atom. The highest BCUT2D eigenvalue weighted by atomic mass is 16.3. The summed E-state index contributed by atoms with van der Waals surface area (Å²) in [5.74, 6) is 0.327. The minimum atomic E-state index is -0.212. The van der Waals surface area contributed by atoms with E-state index in [1.807, 2.05) is 38.1 Å². The zero-order chi connectivity index (χ0) is 17.8. The molecule has 2 heterocycles. The number of carbonyl (C=O) groups is 2. The van der Waals surface area contributed by atoms with Crippen molar-refractivity contribution in [2.75, 3.05) is 18.4 Å². The molecule has 2 N–H and O–H groups in total. The van der Waals surface area contributed by atoms with Crippen molar-refractivity contribution in [3.8, 4) is 0 Å². The first-order valence-corrected chi connectivity index (χ1v) is 8.50. The van der Waals surface area contributed by atoms with Gasteiger partial charge in [-0.1, -0.05) is 17.7 Å². The van der Waals surface area contributed by atoms with Crippen LogP contribution in [0.25, 0.3) is 0 Å². The molecule has 6 heteroatoms. The van der Waals surface area contributed by atoms with Gasteiger partial charge in [-0.3, -0.25) is 4.79 Å². The molecule has 3 rings (SSSR count). The summed E-state index contributed by atoms with van der Waals surface area (Å²) in [7, 11) is 0. The van der Waals surface area contributed by atoms with E-state index in [1.54, 1.807) is 11.0 Å². The fraction of sp³-hybridized carbons (Fsp3) is 0.368. The van der Waals surface area contributed by atoms with Crippen LogP contribution in [0, 0.1) is 13.8 Å². The Hall–Kier alpha value is -2.76. The zero-order valence-corrected chi connectivity index (χ0v) is 14.5. The molecule has 1 aromatic carbocycles. The monoisotopic (exact) mass is 341 g/mol. The Morgan fingerprint density at radius 1 is 1.08 bits per heavy atom. The van der Waals surface area contributed by atoms with E-state index >= 15 is 0 Å². The second-order valence-electron chi connectivity index (χ2n) is 6.46. The third-order valence-corrected chi connectivity index (χ3v) is 4.48. The molecule has 25 heavy (non-hydrogen) atoms. The van der Waals surface area contributed by atoms with Gasteiger partial charge in [0, 0.05) is 30.4 Å². The van der Waals surface area contributed by atoms with Crippen molar-refractivity contribution in [1.29, 1.82) is 0 Å². The number of anilines is 1. The Kier molecular flexibility index (Phi) is 5.07. The number of rotatable bonds is 3. The summed E-state index contributed by atoms with van der Waals surface area (Å²) in [4.78, 5) is 26.3. The smallest absolute Gasteiger partial charge is 0.319 e. The molecular weight excluding hydrogens is 318 g/mol. The van der Waals surface area contributed by atoms with Crippen LogP contribution in [0.1, 0.15) is 34.5 Å². The Labute approximate surface area is 147 Å². The van der Waals surface area contributed by atoms with Crippen LogP contribution in [-0.2, 0) is 0 Å². The number of amides is 3. The molecule has 0 spiro atoms. The molecule has 0 atom stereocenters. The van der Waals surface area contributed by atoms with Gasteiger partial charge in [-0.25, -0.2) is 4.79 Å². The van der Waals surface area contributed by atoms with E-state index in [9.17, 15) is 9.59 Å². The molecule has 132 valence electrons. The van der Waals surface area contributed by atoms with E-state index in [0.717, 1.165) is 29.7 Å². The molecule has 3 amide bonds. The number of urea groups is 1. The van der Waals surface area contributed by atoms with Gasteiger partial charge in [-0.2, -0.15) is 0 Å². The number of carbonyl (C=O) groups excluding carboxylic acids is 2. The maximum Gasteiger partial charge on any atom is 0.319 e. The van der Waals surface area contributed by atoms with Crippen molar-refractivity contribution < 1.29 is 14.0 Å². The number of nitrogens with one attached hydrogen (secondary N) is 2. The summed E-state index contributed by atoms with van der Waals surface area (Å²) in [6, 6.07) is 9.30. The van der Waals surface area contributed by atoms with Gasteiger partial charge in [-0.05, 0) is 44.9 Å². The molecule has 0 unspecified atom stereocenters. The van der Waals surface area contributed by atoms with Crippen molar-refractivity contribution in [3.63, 3.8) is 0 Å². The average Bonchev–Trinajstić information content (AvgIpc) is 3.03. The van der Waals surface area contributed by atoms with Crippen LogP contribution in [-0.4, -0.2) is 36.0 Å². The van der Waals surface area contributed by atoms with Gasteiger partial charge in [0.15, 0.2) is 5.76 Å². The largest absolute Gasteiger partial charge is 0.459 e. The Morgan fingerprint density at radius 2 is 1.76 bits per heavy atom. The van der Waals surface area contributed by atoms with E-state index < -0.39 is 0 Å². The molecular formula is C19H23N3O3. The Bertz CT molecular complexity index is 744. The first-order chi connectivity index (χ1) is 12.0. The molecule has 0 bridgehead atoms. The highest BCUT2D eigenvalue weighted by Gasteiger charge is 2.26. The third kappa shape index (κ3) is 4.21. The normalized spacial score (nSPS) is 15.0. The topological polar surface area (TPSA) is 74.6 Å². The lowest BCUT2D eigenvalue weighted by Gasteiger charge is -2.32. The number of aryl methyl sites for hydroxylation is 2. The van der Waals surface area contributed by atoms with Gasteiger partial charge < -0.3 is 20.0 Å². The lowest BCUT2D eigenvalue weighted by atomic mass is 10.0. The average molecular weight is 341 g/mol. The second-order valence-corrected chi connectivity index (χ2v) is 6.46. The number of piperidine rings is 1. The quantitative estimate of drug-likeness (QED) is 0.899. The van der Waals surface area contributed by atoms with Crippen LogP contribution in [0.2, 0.25) is 0 Å². The summed E-state index contributed by atoms with van der Waals surface area (Å²) in [5, 5.41) is 5.81. The van der Waals surface area contributed by atoms with E-state index in [2.05, 4.69) is 10.6 Å². The first-order valence-electron chi connectivity index (χ1n) is 8.50. The molecule has 0 aliphatic carbocycles. The van der Waals surface area contributed by atoms with Crippen LogP contribution in [0.4, 0.5) is 10.5 Å². The minimum Gasteiger partial charge on any atom is -0.459 e. The molecule has 1 saturated heterocycles. The first kappa shape index (κ1) is 17.1. The number of likely N-dealkylation sites (tertiary alicyclic amines) is 1. The lowest BCUT2D eigenvalue weighted by molar-refractivity contribution is 0.0675. The lowest BCUT2D eigenvalue weighted by Crippen LogP contribution is -2.47. The van der Waals surface area contributed by atoms with Crippen molar-refractivity contribution in [2.24, 2.45) is 0 Å². The molecule has 1 aliphatic heterocycles. The zero-order valence-electron chi connectivity index (χ0n) is 14.5. The number of benzene rings is 1. The Balaban J connectivity index is 1.47. The number of furan rings is 1. The predicted molar refractivity (Wildman–Crippen MR) is 95.7 cm³/mol. The van der Waals surface area contributed by atoms with Crippen LogP contribution in [0.3, 0.4) is 0 Å². The summed E-state index contributed by atoms with van der Waals surface area (Å²) >= 11 is 0. The van der Waals surface area contributed by atoms with Crippen LogP contribution >= 0.6 is 0 Å². The summed E-state index contributed by atoms with van der Waals surface area (Å²) in [6.45, 7) is 5.08. The summed E-state index contributed by atoms with van der Waals surface area (Å²) in [5.41, 5.74) is 2.77. The minimum absolute atomic E-state index is 0.0622. The van der Waals surface area contributed by atoms with E-state index in [4.69, 9.17) is 4.42 Å². The number of nitrogens with zero attached hydrogens (tertiary/aromatic N) is 1. The maximum absolute atomic E-state index is 12.4. The number of hydrogen-bond acceptors (Lipinski definition) is 3. The van der Waals surface area contributed by atoms with Crippen molar-refractivity contribution in [2.45, 2.75) is 32.7 Å². The third-order valence-electron chi connectivity index (χ3n) is 4.48. The SMILES string of the molecule is Cc1ccc(NC(=O)NC2CCN(C(=O)c3occc3C)CC2)cc1. The fourth-order valence-corrected chi connectivity index (χ4v) is 2.95. The van der Waals surface area contributed by atoms with Crippen LogP contribution in [0.5, 0.6) is 0 Å². The van der Waals surface area contributed by atoms with Gasteiger partial charge in [0.1, 0.15) is 0 Å². The predicted octanol–water partition coefficient (Wildman–Crippen LogP) is 3.32. The van der Waals surface area contributed by atoms with Gasteiger partial charge >= 0.3 is 6.03 Å². The molecule has 1 aromatic heterocycles. The van der Waals surface area contributed by atoms with Crippen molar-refractivity contribution >= 4 is 17.6 Å².